The summed E-state index contributed by atoms with van der Waals surface area (Å²) in [4.78, 5) is 8.45. The zero-order valence-electron chi connectivity index (χ0n) is 17.6. The maximum Gasteiger partial charge on any atom is 0.162 e. The van der Waals surface area contributed by atoms with E-state index in [9.17, 15) is 9.50 Å². The Morgan fingerprint density at radius 1 is 1.00 bits per heavy atom. The van der Waals surface area contributed by atoms with Gasteiger partial charge in [0, 0.05) is 42.4 Å². The van der Waals surface area contributed by atoms with Gasteiger partial charge in [0.1, 0.15) is 5.82 Å². The Bertz CT molecular complexity index is 971. The first-order valence-electron chi connectivity index (χ1n) is 10.2. The molecule has 0 amide bonds. The maximum absolute atomic E-state index is 13.2. The van der Waals surface area contributed by atoms with Crippen molar-refractivity contribution in [3.05, 3.63) is 71.4 Å². The van der Waals surface area contributed by atoms with E-state index in [-0.39, 0.29) is 5.82 Å². The number of thiophene rings is 1. The minimum atomic E-state index is -0.736. The molecule has 2 heterocycles. The highest BCUT2D eigenvalue weighted by Gasteiger charge is 2.24. The van der Waals surface area contributed by atoms with Crippen LogP contribution in [0.2, 0.25) is 0 Å². The highest BCUT2D eigenvalue weighted by molar-refractivity contribution is 7.15. The number of aliphatic hydroxyl groups excluding tert-OH is 1. The van der Waals surface area contributed by atoms with Crippen LogP contribution in [0.25, 0.3) is 10.4 Å². The van der Waals surface area contributed by atoms with Gasteiger partial charge in [-0.05, 0) is 74.6 Å². The molecule has 1 saturated heterocycles. The lowest BCUT2D eigenvalue weighted by Crippen LogP contribution is -2.31. The monoisotopic (exact) mass is 425 g/mol. The van der Waals surface area contributed by atoms with Gasteiger partial charge in [-0.15, -0.1) is 11.3 Å². The predicted octanol–water partition coefficient (Wildman–Crippen LogP) is 4.82. The third-order valence-electron chi connectivity index (χ3n) is 5.89. The van der Waals surface area contributed by atoms with Gasteiger partial charge in [0.25, 0.3) is 0 Å². The smallest absolute Gasteiger partial charge is 0.162 e. The van der Waals surface area contributed by atoms with E-state index in [1.807, 2.05) is 24.1 Å². The van der Waals surface area contributed by atoms with E-state index in [4.69, 9.17) is 0 Å². The molecule has 4 rings (SSSR count). The molecule has 2 unspecified atom stereocenters. The number of benzene rings is 2. The summed E-state index contributed by atoms with van der Waals surface area (Å²) >= 11 is 1.52. The van der Waals surface area contributed by atoms with Crippen LogP contribution in [0.5, 0.6) is 0 Å². The Morgan fingerprint density at radius 2 is 1.70 bits per heavy atom. The van der Waals surface area contributed by atoms with Crippen molar-refractivity contribution in [2.45, 2.75) is 18.7 Å². The van der Waals surface area contributed by atoms with E-state index in [1.54, 1.807) is 12.1 Å². The summed E-state index contributed by atoms with van der Waals surface area (Å²) in [5, 5.41) is 10.9. The SMILES string of the molecule is CN(C)C1CCN(c2ccc(N(C)C(O)c3ccc(-c4ccc(F)cc4)s3)cc2)C1. The molecule has 0 radical (unpaired) electrons. The van der Waals surface area contributed by atoms with Gasteiger partial charge in [-0.2, -0.15) is 0 Å². The Morgan fingerprint density at radius 3 is 2.33 bits per heavy atom. The second-order valence-corrected chi connectivity index (χ2v) is 9.18. The molecule has 30 heavy (non-hydrogen) atoms. The van der Waals surface area contributed by atoms with Gasteiger partial charge < -0.3 is 19.8 Å². The van der Waals surface area contributed by atoms with Crippen LogP contribution in [0.4, 0.5) is 15.8 Å². The van der Waals surface area contributed by atoms with Crippen molar-refractivity contribution in [1.29, 1.82) is 0 Å². The molecule has 4 nitrogen and oxygen atoms in total. The molecule has 2 atom stereocenters. The second-order valence-electron chi connectivity index (χ2n) is 8.06. The molecule has 1 fully saturated rings. The quantitative estimate of drug-likeness (QED) is 0.574. The van der Waals surface area contributed by atoms with Crippen LogP contribution in [0.3, 0.4) is 0 Å². The lowest BCUT2D eigenvalue weighted by Gasteiger charge is -2.26. The molecule has 0 bridgehead atoms. The third-order valence-corrected chi connectivity index (χ3v) is 7.07. The molecule has 158 valence electrons. The Hall–Kier alpha value is -2.41. The Balaban J connectivity index is 1.44. The van der Waals surface area contributed by atoms with Gasteiger partial charge in [-0.1, -0.05) is 12.1 Å². The molecule has 6 heteroatoms. The fourth-order valence-electron chi connectivity index (χ4n) is 3.89. The highest BCUT2D eigenvalue weighted by Crippen LogP contribution is 2.34. The molecule has 1 aromatic heterocycles. The number of anilines is 2. The molecular formula is C24H28FN3OS. The van der Waals surface area contributed by atoms with Gasteiger partial charge in [-0.3, -0.25) is 0 Å². The minimum Gasteiger partial charge on any atom is -0.370 e. The summed E-state index contributed by atoms with van der Waals surface area (Å²) in [5.41, 5.74) is 3.14. The summed E-state index contributed by atoms with van der Waals surface area (Å²) in [6.45, 7) is 2.12. The average Bonchev–Trinajstić information content (AvgIpc) is 3.44. The van der Waals surface area contributed by atoms with E-state index < -0.39 is 6.23 Å². The van der Waals surface area contributed by atoms with E-state index in [1.165, 1.54) is 35.6 Å². The number of hydrogen-bond donors (Lipinski definition) is 1. The first-order valence-corrected chi connectivity index (χ1v) is 11.0. The molecule has 3 aromatic rings. The zero-order valence-corrected chi connectivity index (χ0v) is 18.4. The molecule has 1 aliphatic rings. The van der Waals surface area contributed by atoms with Crippen LogP contribution < -0.4 is 9.80 Å². The van der Waals surface area contributed by atoms with E-state index >= 15 is 0 Å². The molecule has 0 saturated carbocycles. The van der Waals surface area contributed by atoms with Crippen LogP contribution in [0.15, 0.2) is 60.7 Å². The summed E-state index contributed by atoms with van der Waals surface area (Å²) in [6, 6.07) is 19.4. The van der Waals surface area contributed by atoms with Crippen LogP contribution in [-0.2, 0) is 0 Å². The summed E-state index contributed by atoms with van der Waals surface area (Å²) < 4.78 is 13.2. The number of likely N-dealkylation sites (N-methyl/N-ethyl adjacent to an activating group) is 1. The predicted molar refractivity (Wildman–Crippen MR) is 124 cm³/mol. The lowest BCUT2D eigenvalue weighted by molar-refractivity contribution is 0.182. The second kappa shape index (κ2) is 8.76. The fraction of sp³-hybridized carbons (Fsp3) is 0.333. The lowest BCUT2D eigenvalue weighted by atomic mass is 10.2. The summed E-state index contributed by atoms with van der Waals surface area (Å²) in [5.74, 6) is -0.245. The molecule has 2 aromatic carbocycles. The number of aliphatic hydroxyl groups is 1. The van der Waals surface area contributed by atoms with Crippen molar-refractivity contribution in [2.75, 3.05) is 44.0 Å². The van der Waals surface area contributed by atoms with Gasteiger partial charge in [0.2, 0.25) is 0 Å². The van der Waals surface area contributed by atoms with E-state index in [0.717, 1.165) is 34.1 Å². The molecular weight excluding hydrogens is 397 g/mol. The maximum atomic E-state index is 13.2. The summed E-state index contributed by atoms with van der Waals surface area (Å²) in [7, 11) is 6.17. The highest BCUT2D eigenvalue weighted by atomic mass is 32.1. The number of rotatable bonds is 6. The molecule has 1 N–H and O–H groups in total. The van der Waals surface area contributed by atoms with Crippen molar-refractivity contribution >= 4 is 22.7 Å². The number of hydrogen-bond acceptors (Lipinski definition) is 5. The van der Waals surface area contributed by atoms with Crippen LogP contribution in [-0.4, -0.2) is 50.3 Å². The molecule has 1 aliphatic heterocycles. The first-order chi connectivity index (χ1) is 14.4. The van der Waals surface area contributed by atoms with Crippen LogP contribution in [0, 0.1) is 5.82 Å². The minimum absolute atomic E-state index is 0.245. The topological polar surface area (TPSA) is 30.0 Å². The van der Waals surface area contributed by atoms with Crippen molar-refractivity contribution in [1.82, 2.24) is 4.90 Å². The summed E-state index contributed by atoms with van der Waals surface area (Å²) in [6.07, 6.45) is 0.447. The van der Waals surface area contributed by atoms with Gasteiger partial charge in [0.05, 0.1) is 4.88 Å². The Labute approximate surface area is 181 Å². The molecule has 0 spiro atoms. The van der Waals surface area contributed by atoms with E-state index in [0.29, 0.717) is 6.04 Å². The van der Waals surface area contributed by atoms with Crippen molar-refractivity contribution < 1.29 is 9.50 Å². The standard InChI is InChI=1S/C24H28FN3OS/c1-26(2)21-14-15-28(16-21)20-10-8-19(9-11-20)27(3)24(29)23-13-12-22(30-23)17-4-6-18(25)7-5-17/h4-13,21,24,29H,14-16H2,1-3H3. The van der Waals surface area contributed by atoms with Gasteiger partial charge >= 0.3 is 0 Å². The van der Waals surface area contributed by atoms with Crippen molar-refractivity contribution in [3.63, 3.8) is 0 Å². The Kier molecular flexibility index (Phi) is 6.09. The number of halogens is 1. The van der Waals surface area contributed by atoms with Crippen molar-refractivity contribution in [2.24, 2.45) is 0 Å². The van der Waals surface area contributed by atoms with Gasteiger partial charge in [-0.25, -0.2) is 4.39 Å². The van der Waals surface area contributed by atoms with Crippen molar-refractivity contribution in [3.8, 4) is 10.4 Å². The molecule has 0 aliphatic carbocycles. The van der Waals surface area contributed by atoms with Crippen LogP contribution in [0.1, 0.15) is 17.5 Å². The zero-order chi connectivity index (χ0) is 21.3. The first kappa shape index (κ1) is 20.8. The number of nitrogens with zero attached hydrogens (tertiary/aromatic N) is 3. The third kappa shape index (κ3) is 4.36. The van der Waals surface area contributed by atoms with Gasteiger partial charge in [0.15, 0.2) is 6.23 Å². The normalized spacial score (nSPS) is 17.5. The largest absolute Gasteiger partial charge is 0.370 e. The fourth-order valence-corrected chi connectivity index (χ4v) is 4.93. The average molecular weight is 426 g/mol. The van der Waals surface area contributed by atoms with Crippen LogP contribution >= 0.6 is 11.3 Å². The van der Waals surface area contributed by atoms with E-state index in [2.05, 4.69) is 48.2 Å².